The summed E-state index contributed by atoms with van der Waals surface area (Å²) in [6.45, 7) is 1.74. The van der Waals surface area contributed by atoms with E-state index in [2.05, 4.69) is 91.9 Å². The molecule has 0 saturated heterocycles. The SMILES string of the molecule is COc1ccc(Cn2c(CCc3c[nH]c4ccccc34)nnc2CCC2CNc3ccccc32)cc1. The minimum absolute atomic E-state index is 0.502. The van der Waals surface area contributed by atoms with Crippen LogP contribution in [0.1, 0.15) is 40.7 Å². The zero-order chi connectivity index (χ0) is 24.3. The van der Waals surface area contributed by atoms with Crippen molar-refractivity contribution in [1.82, 2.24) is 19.7 Å². The fourth-order valence-corrected chi connectivity index (χ4v) is 5.34. The molecule has 0 saturated carbocycles. The van der Waals surface area contributed by atoms with Crippen molar-refractivity contribution in [3.8, 4) is 5.75 Å². The smallest absolute Gasteiger partial charge is 0.133 e. The number of hydrogen-bond acceptors (Lipinski definition) is 4. The Labute approximate surface area is 211 Å². The first kappa shape index (κ1) is 22.4. The molecule has 182 valence electrons. The minimum Gasteiger partial charge on any atom is -0.497 e. The van der Waals surface area contributed by atoms with Crippen molar-refractivity contribution in [2.45, 2.75) is 38.1 Å². The number of aromatic amines is 1. The van der Waals surface area contributed by atoms with Crippen LogP contribution in [0.3, 0.4) is 0 Å². The standard InChI is InChI=1S/C30H31N5O/c1-36-24-14-10-21(11-15-24)20-35-29(16-12-22-18-31-27-8-4-2-6-25(22)27)33-34-30(35)17-13-23-19-32-28-9-5-3-7-26(23)28/h2-11,14-15,18,23,31-32H,12-13,16-17,19-20H2,1H3. The normalized spacial score (nSPS) is 14.6. The van der Waals surface area contributed by atoms with E-state index in [0.29, 0.717) is 5.92 Å². The highest BCUT2D eigenvalue weighted by Crippen LogP contribution is 2.34. The quantitative estimate of drug-likeness (QED) is 0.284. The summed E-state index contributed by atoms with van der Waals surface area (Å²) in [5, 5.41) is 14.2. The number of ether oxygens (including phenoxy) is 1. The topological polar surface area (TPSA) is 67.8 Å². The number of para-hydroxylation sites is 2. The molecule has 2 aromatic heterocycles. The third-order valence-electron chi connectivity index (χ3n) is 7.35. The zero-order valence-corrected chi connectivity index (χ0v) is 20.6. The summed E-state index contributed by atoms with van der Waals surface area (Å²) in [4.78, 5) is 3.39. The molecule has 6 heteroatoms. The third kappa shape index (κ3) is 4.47. The molecule has 0 amide bonds. The van der Waals surface area contributed by atoms with Gasteiger partial charge in [0.15, 0.2) is 0 Å². The lowest BCUT2D eigenvalue weighted by atomic mass is 9.96. The average Bonchev–Trinajstić information content (AvgIpc) is 3.64. The third-order valence-corrected chi connectivity index (χ3v) is 7.35. The van der Waals surface area contributed by atoms with Gasteiger partial charge in [-0.15, -0.1) is 10.2 Å². The highest BCUT2D eigenvalue weighted by atomic mass is 16.5. The number of nitrogens with one attached hydrogen (secondary N) is 2. The molecule has 0 radical (unpaired) electrons. The number of nitrogens with zero attached hydrogens (tertiary/aromatic N) is 3. The second kappa shape index (κ2) is 9.90. The molecular weight excluding hydrogens is 446 g/mol. The molecule has 0 spiro atoms. The van der Waals surface area contributed by atoms with Crippen LogP contribution in [0, 0.1) is 0 Å². The summed E-state index contributed by atoms with van der Waals surface area (Å²) in [7, 11) is 1.70. The number of rotatable bonds is 9. The monoisotopic (exact) mass is 477 g/mol. The zero-order valence-electron chi connectivity index (χ0n) is 20.6. The van der Waals surface area contributed by atoms with E-state index in [4.69, 9.17) is 4.74 Å². The van der Waals surface area contributed by atoms with E-state index in [9.17, 15) is 0 Å². The van der Waals surface area contributed by atoms with Crippen LogP contribution in [0.15, 0.2) is 79.0 Å². The van der Waals surface area contributed by atoms with Gasteiger partial charge in [-0.25, -0.2) is 0 Å². The van der Waals surface area contributed by atoms with Gasteiger partial charge in [-0.1, -0.05) is 48.5 Å². The van der Waals surface area contributed by atoms with E-state index >= 15 is 0 Å². The molecule has 3 aromatic carbocycles. The second-order valence-corrected chi connectivity index (χ2v) is 9.53. The van der Waals surface area contributed by atoms with E-state index in [1.807, 2.05) is 12.1 Å². The summed E-state index contributed by atoms with van der Waals surface area (Å²) >= 11 is 0. The maximum absolute atomic E-state index is 5.35. The summed E-state index contributed by atoms with van der Waals surface area (Å²) in [6.07, 6.45) is 5.84. The Bertz CT molecular complexity index is 1470. The number of anilines is 1. The molecular formula is C30H31N5O. The van der Waals surface area contributed by atoms with Crippen LogP contribution in [-0.2, 0) is 25.8 Å². The molecule has 1 unspecified atom stereocenters. The number of H-pyrrole nitrogens is 1. The Kier molecular flexibility index (Phi) is 6.16. The fraction of sp³-hybridized carbons (Fsp3) is 0.267. The van der Waals surface area contributed by atoms with Crippen LogP contribution in [0.2, 0.25) is 0 Å². The van der Waals surface area contributed by atoms with E-state index in [-0.39, 0.29) is 0 Å². The molecule has 0 aliphatic carbocycles. The molecule has 1 atom stereocenters. The van der Waals surface area contributed by atoms with Crippen LogP contribution in [-0.4, -0.2) is 33.4 Å². The van der Waals surface area contributed by atoms with Gasteiger partial charge in [0, 0.05) is 48.1 Å². The number of methoxy groups -OCH3 is 1. The molecule has 1 aliphatic heterocycles. The minimum atomic E-state index is 0.502. The van der Waals surface area contributed by atoms with Gasteiger partial charge in [-0.05, 0) is 53.8 Å². The van der Waals surface area contributed by atoms with Gasteiger partial charge in [0.25, 0.3) is 0 Å². The van der Waals surface area contributed by atoms with Gasteiger partial charge >= 0.3 is 0 Å². The van der Waals surface area contributed by atoms with Crippen LogP contribution in [0.5, 0.6) is 5.75 Å². The van der Waals surface area contributed by atoms with Crippen molar-refractivity contribution in [2.24, 2.45) is 0 Å². The largest absolute Gasteiger partial charge is 0.497 e. The summed E-state index contributed by atoms with van der Waals surface area (Å²) in [6, 6.07) is 25.4. The van der Waals surface area contributed by atoms with Crippen molar-refractivity contribution in [2.75, 3.05) is 19.0 Å². The van der Waals surface area contributed by atoms with Gasteiger partial charge in [-0.3, -0.25) is 0 Å². The highest BCUT2D eigenvalue weighted by molar-refractivity contribution is 5.83. The first-order chi connectivity index (χ1) is 17.8. The Morgan fingerprint density at radius 1 is 0.889 bits per heavy atom. The number of aromatic nitrogens is 4. The predicted molar refractivity (Wildman–Crippen MR) is 144 cm³/mol. The van der Waals surface area contributed by atoms with E-state index in [1.54, 1.807) is 7.11 Å². The average molecular weight is 478 g/mol. The fourth-order valence-electron chi connectivity index (χ4n) is 5.34. The van der Waals surface area contributed by atoms with Gasteiger partial charge in [0.1, 0.15) is 17.4 Å². The molecule has 1 aliphatic rings. The van der Waals surface area contributed by atoms with Crippen LogP contribution < -0.4 is 10.1 Å². The molecule has 36 heavy (non-hydrogen) atoms. The van der Waals surface area contributed by atoms with Crippen LogP contribution >= 0.6 is 0 Å². The maximum atomic E-state index is 5.35. The van der Waals surface area contributed by atoms with Crippen molar-refractivity contribution in [3.63, 3.8) is 0 Å². The molecule has 3 heterocycles. The molecule has 0 bridgehead atoms. The highest BCUT2D eigenvalue weighted by Gasteiger charge is 2.23. The Morgan fingerprint density at radius 3 is 2.53 bits per heavy atom. The second-order valence-electron chi connectivity index (χ2n) is 9.53. The number of hydrogen-bond donors (Lipinski definition) is 2. The first-order valence-corrected chi connectivity index (χ1v) is 12.7. The molecule has 2 N–H and O–H groups in total. The van der Waals surface area contributed by atoms with Crippen LogP contribution in [0.25, 0.3) is 10.9 Å². The van der Waals surface area contributed by atoms with Gasteiger partial charge < -0.3 is 19.6 Å². The Morgan fingerprint density at radius 2 is 1.67 bits per heavy atom. The Balaban J connectivity index is 1.23. The molecule has 5 aromatic rings. The van der Waals surface area contributed by atoms with Crippen molar-refractivity contribution in [3.05, 3.63) is 107 Å². The summed E-state index contributed by atoms with van der Waals surface area (Å²) in [5.74, 6) is 3.47. The van der Waals surface area contributed by atoms with E-state index in [1.165, 1.54) is 33.3 Å². The lowest BCUT2D eigenvalue weighted by Crippen LogP contribution is -2.12. The Hall–Kier alpha value is -4.06. The number of fused-ring (bicyclic) bond motifs is 2. The predicted octanol–water partition coefficient (Wildman–Crippen LogP) is 5.74. The van der Waals surface area contributed by atoms with Gasteiger partial charge in [0.2, 0.25) is 0 Å². The van der Waals surface area contributed by atoms with Crippen molar-refractivity contribution >= 4 is 16.6 Å². The summed E-state index contributed by atoms with van der Waals surface area (Å²) < 4.78 is 7.68. The van der Waals surface area contributed by atoms with Crippen molar-refractivity contribution in [1.29, 1.82) is 0 Å². The lowest BCUT2D eigenvalue weighted by molar-refractivity contribution is 0.414. The van der Waals surface area contributed by atoms with Crippen LogP contribution in [0.4, 0.5) is 5.69 Å². The van der Waals surface area contributed by atoms with E-state index in [0.717, 1.165) is 56.2 Å². The molecule has 0 fully saturated rings. The van der Waals surface area contributed by atoms with Crippen molar-refractivity contribution < 1.29 is 4.74 Å². The van der Waals surface area contributed by atoms with E-state index < -0.39 is 0 Å². The van der Waals surface area contributed by atoms with Gasteiger partial charge in [0.05, 0.1) is 13.7 Å². The maximum Gasteiger partial charge on any atom is 0.133 e. The molecule has 6 nitrogen and oxygen atoms in total. The first-order valence-electron chi connectivity index (χ1n) is 12.7. The molecule has 6 rings (SSSR count). The lowest BCUT2D eigenvalue weighted by Gasteiger charge is -2.13. The van der Waals surface area contributed by atoms with Gasteiger partial charge in [-0.2, -0.15) is 0 Å². The number of benzene rings is 3. The summed E-state index contributed by atoms with van der Waals surface area (Å²) in [5.41, 5.74) is 6.40. The number of aryl methyl sites for hydroxylation is 3.